The van der Waals surface area contributed by atoms with E-state index in [1.165, 1.54) is 16.7 Å². The number of carbonyl (C=O) groups excluding carboxylic acids is 1. The molecule has 1 fully saturated rings. The van der Waals surface area contributed by atoms with Crippen LogP contribution in [0, 0.1) is 5.92 Å². The zero-order valence-electron chi connectivity index (χ0n) is 15.2. The van der Waals surface area contributed by atoms with Crippen LogP contribution in [-0.4, -0.2) is 29.9 Å². The zero-order valence-corrected chi connectivity index (χ0v) is 16.0. The molecule has 1 amide bonds. The number of hydrogen-bond acceptors (Lipinski definition) is 3. The molecule has 134 valence electrons. The predicted octanol–water partition coefficient (Wildman–Crippen LogP) is 4.54. The molecule has 0 aliphatic carbocycles. The van der Waals surface area contributed by atoms with Gasteiger partial charge in [-0.25, -0.2) is 0 Å². The maximum atomic E-state index is 12.4. The first-order chi connectivity index (χ1) is 12.2. The summed E-state index contributed by atoms with van der Waals surface area (Å²) in [5, 5.41) is 7.45. The molecule has 3 rings (SSSR count). The molecule has 0 bridgehead atoms. The van der Waals surface area contributed by atoms with Crippen molar-refractivity contribution in [3.05, 3.63) is 46.7 Å². The third-order valence-corrected chi connectivity index (χ3v) is 5.75. The number of carbonyl (C=O) groups is 1. The van der Waals surface area contributed by atoms with E-state index < -0.39 is 0 Å². The van der Waals surface area contributed by atoms with Gasteiger partial charge in [0.15, 0.2) is 0 Å². The summed E-state index contributed by atoms with van der Waals surface area (Å²) in [7, 11) is 0. The molecule has 1 aliphatic rings. The van der Waals surface area contributed by atoms with Crippen molar-refractivity contribution in [2.24, 2.45) is 5.92 Å². The fraction of sp³-hybridized carbons (Fsp3) is 0.476. The number of thiophene rings is 1. The Balaban J connectivity index is 1.61. The Hall–Kier alpha value is -1.65. The second kappa shape index (κ2) is 8.63. The van der Waals surface area contributed by atoms with Crippen LogP contribution in [0.15, 0.2) is 41.1 Å². The molecule has 2 unspecified atom stereocenters. The quantitative estimate of drug-likeness (QED) is 0.824. The van der Waals surface area contributed by atoms with Crippen molar-refractivity contribution >= 4 is 17.2 Å². The highest BCUT2D eigenvalue weighted by atomic mass is 32.1. The summed E-state index contributed by atoms with van der Waals surface area (Å²) >= 11 is 1.73. The Morgan fingerprint density at radius 1 is 1.36 bits per heavy atom. The van der Waals surface area contributed by atoms with Gasteiger partial charge in [0.2, 0.25) is 5.91 Å². The van der Waals surface area contributed by atoms with Gasteiger partial charge in [-0.2, -0.15) is 11.3 Å². The summed E-state index contributed by atoms with van der Waals surface area (Å²) in [6, 6.07) is 11.2. The summed E-state index contributed by atoms with van der Waals surface area (Å²) in [6.07, 6.45) is 3.09. The van der Waals surface area contributed by atoms with Crippen LogP contribution in [0.4, 0.5) is 0 Å². The minimum atomic E-state index is 0.128. The highest BCUT2D eigenvalue weighted by Crippen LogP contribution is 2.24. The number of nitrogens with one attached hydrogen (secondary N) is 1. The van der Waals surface area contributed by atoms with Crippen LogP contribution in [0.3, 0.4) is 0 Å². The van der Waals surface area contributed by atoms with Crippen LogP contribution in [0.1, 0.15) is 38.7 Å². The molecular weight excluding hydrogens is 328 g/mol. The van der Waals surface area contributed by atoms with Gasteiger partial charge in [-0.15, -0.1) is 0 Å². The molecule has 1 aromatic carbocycles. The van der Waals surface area contributed by atoms with Crippen molar-refractivity contribution in [1.29, 1.82) is 0 Å². The Morgan fingerprint density at radius 2 is 2.24 bits per heavy atom. The van der Waals surface area contributed by atoms with E-state index in [1.807, 2.05) is 0 Å². The number of likely N-dealkylation sites (tertiary alicyclic amines) is 1. The maximum Gasteiger partial charge on any atom is 0.224 e. The maximum absolute atomic E-state index is 12.4. The molecule has 2 atom stereocenters. The lowest BCUT2D eigenvalue weighted by Crippen LogP contribution is -2.44. The number of piperidine rings is 1. The summed E-state index contributed by atoms with van der Waals surface area (Å²) in [5.41, 5.74) is 3.89. The summed E-state index contributed by atoms with van der Waals surface area (Å²) < 4.78 is 0. The molecule has 1 saturated heterocycles. The van der Waals surface area contributed by atoms with Gasteiger partial charge in [0.05, 0.1) is 5.92 Å². The third kappa shape index (κ3) is 4.93. The molecular formula is C21H28N2OS. The summed E-state index contributed by atoms with van der Waals surface area (Å²) in [5.74, 6) is 0.355. The van der Waals surface area contributed by atoms with E-state index in [9.17, 15) is 4.79 Å². The van der Waals surface area contributed by atoms with Crippen molar-refractivity contribution < 1.29 is 4.79 Å². The highest BCUT2D eigenvalue weighted by molar-refractivity contribution is 7.08. The van der Waals surface area contributed by atoms with E-state index in [0.717, 1.165) is 38.9 Å². The van der Waals surface area contributed by atoms with E-state index in [0.29, 0.717) is 0 Å². The van der Waals surface area contributed by atoms with Crippen LogP contribution >= 0.6 is 11.3 Å². The number of rotatable bonds is 6. The molecule has 2 aromatic rings. The van der Waals surface area contributed by atoms with Gasteiger partial charge in [0.25, 0.3) is 0 Å². The second-order valence-electron chi connectivity index (χ2n) is 7.10. The fourth-order valence-electron chi connectivity index (χ4n) is 3.41. The molecule has 1 aromatic heterocycles. The largest absolute Gasteiger partial charge is 0.353 e. The molecule has 4 heteroatoms. The van der Waals surface area contributed by atoms with Gasteiger partial charge in [-0.3, -0.25) is 9.69 Å². The van der Waals surface area contributed by atoms with E-state index >= 15 is 0 Å². The molecule has 0 saturated carbocycles. The van der Waals surface area contributed by atoms with Crippen LogP contribution in [0.5, 0.6) is 0 Å². The number of nitrogens with zero attached hydrogens (tertiary/aromatic N) is 1. The first-order valence-corrected chi connectivity index (χ1v) is 10.2. The third-order valence-electron chi connectivity index (χ3n) is 5.07. The Morgan fingerprint density at radius 3 is 3.00 bits per heavy atom. The lowest BCUT2D eigenvalue weighted by Gasteiger charge is -2.32. The van der Waals surface area contributed by atoms with Crippen LogP contribution in [-0.2, 0) is 11.3 Å². The Bertz CT molecular complexity index is 683. The number of amides is 1. The molecule has 1 aliphatic heterocycles. The normalized spacial score (nSPS) is 19.5. The van der Waals surface area contributed by atoms with Crippen molar-refractivity contribution in [2.75, 3.05) is 13.1 Å². The average molecular weight is 357 g/mol. The minimum absolute atomic E-state index is 0.128. The average Bonchev–Trinajstić information content (AvgIpc) is 3.17. The second-order valence-corrected chi connectivity index (χ2v) is 7.88. The van der Waals surface area contributed by atoms with Crippen molar-refractivity contribution in [1.82, 2.24) is 10.2 Å². The van der Waals surface area contributed by atoms with E-state index in [2.05, 4.69) is 65.2 Å². The first kappa shape index (κ1) is 18.2. The first-order valence-electron chi connectivity index (χ1n) is 9.30. The standard InChI is InChI=1S/C21H28N2OS/c1-3-16(2)22-21(24)19-8-5-10-23(14-19)13-17-6-4-7-18(12-17)20-9-11-25-15-20/h4,6-7,9,11-12,15-16,19H,3,5,8,10,13-14H2,1-2H3,(H,22,24). The van der Waals surface area contributed by atoms with E-state index in [-0.39, 0.29) is 17.9 Å². The molecule has 3 nitrogen and oxygen atoms in total. The van der Waals surface area contributed by atoms with Gasteiger partial charge < -0.3 is 5.32 Å². The molecule has 2 heterocycles. The number of benzene rings is 1. The van der Waals surface area contributed by atoms with Gasteiger partial charge in [0, 0.05) is 19.1 Å². The fourth-order valence-corrected chi connectivity index (χ4v) is 4.08. The van der Waals surface area contributed by atoms with Crippen LogP contribution < -0.4 is 5.32 Å². The number of hydrogen-bond donors (Lipinski definition) is 1. The monoisotopic (exact) mass is 356 g/mol. The van der Waals surface area contributed by atoms with Crippen molar-refractivity contribution in [3.8, 4) is 11.1 Å². The zero-order chi connectivity index (χ0) is 17.6. The van der Waals surface area contributed by atoms with Gasteiger partial charge >= 0.3 is 0 Å². The molecule has 0 spiro atoms. The lowest BCUT2D eigenvalue weighted by atomic mass is 9.96. The molecule has 25 heavy (non-hydrogen) atoms. The van der Waals surface area contributed by atoms with Crippen molar-refractivity contribution in [3.63, 3.8) is 0 Å². The van der Waals surface area contributed by atoms with E-state index in [4.69, 9.17) is 0 Å². The molecule has 1 N–H and O–H groups in total. The predicted molar refractivity (Wildman–Crippen MR) is 106 cm³/mol. The topological polar surface area (TPSA) is 32.3 Å². The van der Waals surface area contributed by atoms with E-state index in [1.54, 1.807) is 11.3 Å². The molecule has 0 radical (unpaired) electrons. The Labute approximate surface area is 155 Å². The lowest BCUT2D eigenvalue weighted by molar-refractivity contribution is -0.127. The summed E-state index contributed by atoms with van der Waals surface area (Å²) in [6.45, 7) is 7.05. The van der Waals surface area contributed by atoms with Gasteiger partial charge in [0.1, 0.15) is 0 Å². The minimum Gasteiger partial charge on any atom is -0.353 e. The SMILES string of the molecule is CCC(C)NC(=O)C1CCCN(Cc2cccc(-c3ccsc3)c2)C1. The van der Waals surface area contributed by atoms with Crippen LogP contribution in [0.2, 0.25) is 0 Å². The Kier molecular flexibility index (Phi) is 6.27. The smallest absolute Gasteiger partial charge is 0.224 e. The van der Waals surface area contributed by atoms with Gasteiger partial charge in [-0.1, -0.05) is 25.1 Å². The van der Waals surface area contributed by atoms with Crippen molar-refractivity contribution in [2.45, 2.75) is 45.7 Å². The van der Waals surface area contributed by atoms with Crippen LogP contribution in [0.25, 0.3) is 11.1 Å². The highest BCUT2D eigenvalue weighted by Gasteiger charge is 2.26. The summed E-state index contributed by atoms with van der Waals surface area (Å²) in [4.78, 5) is 14.9. The van der Waals surface area contributed by atoms with Gasteiger partial charge in [-0.05, 0) is 72.3 Å².